The van der Waals surface area contributed by atoms with Crippen LogP contribution in [0.15, 0.2) is 18.2 Å². The molecule has 0 radical (unpaired) electrons. The minimum atomic E-state index is 0.678. The van der Waals surface area contributed by atoms with Gasteiger partial charge < -0.3 is 4.74 Å². The van der Waals surface area contributed by atoms with Crippen molar-refractivity contribution in [3.63, 3.8) is 0 Å². The Morgan fingerprint density at radius 2 is 2.00 bits per heavy atom. The van der Waals surface area contributed by atoms with Gasteiger partial charge in [-0.05, 0) is 43.4 Å². The summed E-state index contributed by atoms with van der Waals surface area (Å²) in [6.07, 6.45) is 1.09. The van der Waals surface area contributed by atoms with Gasteiger partial charge in [0.2, 0.25) is 0 Å². The zero-order valence-corrected chi connectivity index (χ0v) is 9.63. The van der Waals surface area contributed by atoms with E-state index in [-0.39, 0.29) is 0 Å². The van der Waals surface area contributed by atoms with Crippen LogP contribution in [0.2, 0.25) is 0 Å². The fourth-order valence-corrected chi connectivity index (χ4v) is 1.56. The Labute approximate surface area is 87.1 Å². The second kappa shape index (κ2) is 5.04. The summed E-state index contributed by atoms with van der Waals surface area (Å²) in [7, 11) is 0. The second-order valence-corrected chi connectivity index (χ2v) is 4.14. The summed E-state index contributed by atoms with van der Waals surface area (Å²) >= 11 is 0. The fraction of sp³-hybridized carbons (Fsp3) is 0.538. The van der Waals surface area contributed by atoms with Crippen molar-refractivity contribution in [3.05, 3.63) is 29.3 Å². The first-order valence-electron chi connectivity index (χ1n) is 5.35. The molecule has 1 aromatic carbocycles. The van der Waals surface area contributed by atoms with Gasteiger partial charge in [-0.3, -0.25) is 0 Å². The highest BCUT2D eigenvalue weighted by Gasteiger charge is 2.05. The molecule has 0 saturated carbocycles. The Morgan fingerprint density at radius 1 is 1.29 bits per heavy atom. The van der Waals surface area contributed by atoms with Gasteiger partial charge in [0, 0.05) is 0 Å². The highest BCUT2D eigenvalue weighted by atomic mass is 16.5. The molecule has 0 unspecified atom stereocenters. The third-order valence-electron chi connectivity index (χ3n) is 2.15. The van der Waals surface area contributed by atoms with Gasteiger partial charge >= 0.3 is 0 Å². The van der Waals surface area contributed by atoms with Gasteiger partial charge in [0.15, 0.2) is 0 Å². The maximum atomic E-state index is 5.62. The van der Waals surface area contributed by atoms with Gasteiger partial charge in [0.05, 0.1) is 6.61 Å². The molecule has 0 atom stereocenters. The first kappa shape index (κ1) is 11.1. The maximum absolute atomic E-state index is 5.62. The summed E-state index contributed by atoms with van der Waals surface area (Å²) < 4.78 is 5.62. The quantitative estimate of drug-likeness (QED) is 0.708. The van der Waals surface area contributed by atoms with Crippen LogP contribution in [0, 0.1) is 12.8 Å². The van der Waals surface area contributed by atoms with Crippen LogP contribution < -0.4 is 4.74 Å². The van der Waals surface area contributed by atoms with E-state index in [1.165, 1.54) is 11.1 Å². The Bertz CT molecular complexity index is 289. The Hall–Kier alpha value is -0.980. The Balaban J connectivity index is 2.89. The molecule has 0 aromatic heterocycles. The average Bonchev–Trinajstić information content (AvgIpc) is 2.09. The van der Waals surface area contributed by atoms with E-state index in [0.29, 0.717) is 5.92 Å². The molecular weight excluding hydrogens is 172 g/mol. The van der Waals surface area contributed by atoms with E-state index >= 15 is 0 Å². The van der Waals surface area contributed by atoms with Crippen molar-refractivity contribution in [2.75, 3.05) is 6.61 Å². The van der Waals surface area contributed by atoms with Crippen molar-refractivity contribution in [2.24, 2.45) is 5.92 Å². The van der Waals surface area contributed by atoms with Crippen molar-refractivity contribution >= 4 is 0 Å². The zero-order valence-electron chi connectivity index (χ0n) is 9.63. The number of ether oxygens (including phenoxy) is 1. The predicted octanol–water partition coefficient (Wildman–Crippen LogP) is 3.59. The molecule has 0 N–H and O–H groups in total. The molecule has 0 amide bonds. The van der Waals surface area contributed by atoms with Gasteiger partial charge in [-0.15, -0.1) is 0 Å². The largest absolute Gasteiger partial charge is 0.494 e. The standard InChI is InChI=1S/C13H20O/c1-5-14-13-9-11(4)6-7-12(13)8-10(2)3/h6-7,9-10H,5,8H2,1-4H3. The van der Waals surface area contributed by atoms with E-state index in [1.807, 2.05) is 6.92 Å². The van der Waals surface area contributed by atoms with Crippen LogP contribution in [0.3, 0.4) is 0 Å². The molecular formula is C13H20O. The SMILES string of the molecule is CCOc1cc(C)ccc1CC(C)C. The number of benzene rings is 1. The van der Waals surface area contributed by atoms with E-state index in [4.69, 9.17) is 4.74 Å². The molecule has 14 heavy (non-hydrogen) atoms. The first-order chi connectivity index (χ1) is 6.63. The predicted molar refractivity (Wildman–Crippen MR) is 60.9 cm³/mol. The summed E-state index contributed by atoms with van der Waals surface area (Å²) in [6, 6.07) is 6.46. The maximum Gasteiger partial charge on any atom is 0.122 e. The van der Waals surface area contributed by atoms with Gasteiger partial charge in [0.1, 0.15) is 5.75 Å². The van der Waals surface area contributed by atoms with Crippen LogP contribution in [-0.2, 0) is 6.42 Å². The number of hydrogen-bond acceptors (Lipinski definition) is 1. The van der Waals surface area contributed by atoms with E-state index < -0.39 is 0 Å². The van der Waals surface area contributed by atoms with Crippen molar-refractivity contribution < 1.29 is 4.74 Å². The lowest BCUT2D eigenvalue weighted by Crippen LogP contribution is -2.00. The van der Waals surface area contributed by atoms with Crippen LogP contribution in [0.25, 0.3) is 0 Å². The highest BCUT2D eigenvalue weighted by Crippen LogP contribution is 2.23. The summed E-state index contributed by atoms with van der Waals surface area (Å²) in [4.78, 5) is 0. The summed E-state index contributed by atoms with van der Waals surface area (Å²) in [5.41, 5.74) is 2.59. The molecule has 0 spiro atoms. The third-order valence-corrected chi connectivity index (χ3v) is 2.15. The second-order valence-electron chi connectivity index (χ2n) is 4.14. The van der Waals surface area contributed by atoms with Crippen LogP contribution in [0.1, 0.15) is 31.9 Å². The number of hydrogen-bond donors (Lipinski definition) is 0. The molecule has 1 aromatic rings. The minimum absolute atomic E-state index is 0.678. The minimum Gasteiger partial charge on any atom is -0.494 e. The lowest BCUT2D eigenvalue weighted by atomic mass is 10.0. The molecule has 0 bridgehead atoms. The third kappa shape index (κ3) is 3.06. The molecule has 0 fully saturated rings. The summed E-state index contributed by atoms with van der Waals surface area (Å²) in [5.74, 6) is 1.73. The van der Waals surface area contributed by atoms with E-state index in [0.717, 1.165) is 18.8 Å². The Morgan fingerprint density at radius 3 is 2.57 bits per heavy atom. The average molecular weight is 192 g/mol. The molecule has 78 valence electrons. The topological polar surface area (TPSA) is 9.23 Å². The van der Waals surface area contributed by atoms with Crippen LogP contribution in [0.5, 0.6) is 5.75 Å². The lowest BCUT2D eigenvalue weighted by Gasteiger charge is -2.12. The zero-order chi connectivity index (χ0) is 10.6. The summed E-state index contributed by atoms with van der Waals surface area (Å²) in [5, 5.41) is 0. The normalized spacial score (nSPS) is 10.6. The van der Waals surface area contributed by atoms with E-state index in [9.17, 15) is 0 Å². The van der Waals surface area contributed by atoms with Gasteiger partial charge in [0.25, 0.3) is 0 Å². The van der Waals surface area contributed by atoms with Gasteiger partial charge in [-0.2, -0.15) is 0 Å². The molecule has 0 saturated heterocycles. The molecule has 1 heteroatoms. The van der Waals surface area contributed by atoms with Gasteiger partial charge in [-0.1, -0.05) is 26.0 Å². The Kier molecular flexibility index (Phi) is 3.99. The van der Waals surface area contributed by atoms with Crippen LogP contribution in [-0.4, -0.2) is 6.61 Å². The molecule has 0 aliphatic carbocycles. The van der Waals surface area contributed by atoms with Crippen molar-refractivity contribution in [1.29, 1.82) is 0 Å². The van der Waals surface area contributed by atoms with Crippen molar-refractivity contribution in [2.45, 2.75) is 34.1 Å². The van der Waals surface area contributed by atoms with E-state index in [1.54, 1.807) is 0 Å². The smallest absolute Gasteiger partial charge is 0.122 e. The molecule has 0 aliphatic heterocycles. The first-order valence-corrected chi connectivity index (χ1v) is 5.35. The molecule has 0 aliphatic rings. The lowest BCUT2D eigenvalue weighted by molar-refractivity contribution is 0.335. The van der Waals surface area contributed by atoms with Gasteiger partial charge in [-0.25, -0.2) is 0 Å². The van der Waals surface area contributed by atoms with E-state index in [2.05, 4.69) is 39.0 Å². The van der Waals surface area contributed by atoms with Crippen LogP contribution >= 0.6 is 0 Å². The molecule has 1 rings (SSSR count). The molecule has 0 heterocycles. The van der Waals surface area contributed by atoms with Crippen LogP contribution in [0.4, 0.5) is 0 Å². The monoisotopic (exact) mass is 192 g/mol. The van der Waals surface area contributed by atoms with Crippen molar-refractivity contribution in [1.82, 2.24) is 0 Å². The fourth-order valence-electron chi connectivity index (χ4n) is 1.56. The van der Waals surface area contributed by atoms with Crippen molar-refractivity contribution in [3.8, 4) is 5.75 Å². The number of aryl methyl sites for hydroxylation is 1. The molecule has 1 nitrogen and oxygen atoms in total. The summed E-state index contributed by atoms with van der Waals surface area (Å²) in [6.45, 7) is 9.34. The number of rotatable bonds is 4. The highest BCUT2D eigenvalue weighted by molar-refractivity contribution is 5.37.